The molecule has 0 fully saturated rings. The van der Waals surface area contributed by atoms with Gasteiger partial charge >= 0.3 is 6.03 Å². The van der Waals surface area contributed by atoms with E-state index in [0.29, 0.717) is 12.3 Å². The lowest BCUT2D eigenvalue weighted by molar-refractivity contribution is 0.199. The highest BCUT2D eigenvalue weighted by atomic mass is 19.1. The minimum Gasteiger partial charge on any atom is -0.492 e. The molecule has 20 heavy (non-hydrogen) atoms. The number of amides is 2. The Morgan fingerprint density at radius 1 is 1.45 bits per heavy atom. The van der Waals surface area contributed by atoms with E-state index in [4.69, 9.17) is 9.84 Å². The highest BCUT2D eigenvalue weighted by Gasteiger charge is 2.13. The van der Waals surface area contributed by atoms with Crippen molar-refractivity contribution in [2.75, 3.05) is 19.8 Å². The van der Waals surface area contributed by atoms with Gasteiger partial charge in [0.05, 0.1) is 6.54 Å². The van der Waals surface area contributed by atoms with Crippen LogP contribution in [0.25, 0.3) is 0 Å². The molecular formula is C14H21FN2O3. The lowest BCUT2D eigenvalue weighted by atomic mass is 10.1. The van der Waals surface area contributed by atoms with Gasteiger partial charge in [0, 0.05) is 18.7 Å². The molecule has 0 aromatic heterocycles. The predicted molar refractivity (Wildman–Crippen MR) is 74.1 cm³/mol. The quantitative estimate of drug-likeness (QED) is 0.665. The Balaban J connectivity index is 2.19. The summed E-state index contributed by atoms with van der Waals surface area (Å²) in [6.07, 6.45) is 0. The van der Waals surface area contributed by atoms with E-state index in [-0.39, 0.29) is 37.0 Å². The van der Waals surface area contributed by atoms with Crippen LogP contribution in [0.2, 0.25) is 0 Å². The SMILES string of the molecule is CC(CO)C(C)NC(=O)NCCOc1cccc(F)c1. The molecule has 2 unspecified atom stereocenters. The van der Waals surface area contributed by atoms with Gasteiger partial charge in [-0.3, -0.25) is 0 Å². The monoisotopic (exact) mass is 284 g/mol. The van der Waals surface area contributed by atoms with Crippen molar-refractivity contribution in [3.8, 4) is 5.75 Å². The number of hydrogen-bond donors (Lipinski definition) is 3. The smallest absolute Gasteiger partial charge is 0.315 e. The molecule has 0 heterocycles. The van der Waals surface area contributed by atoms with Crippen LogP contribution in [-0.2, 0) is 0 Å². The molecule has 1 rings (SSSR count). The minimum absolute atomic E-state index is 0.00991. The second-order valence-electron chi connectivity index (χ2n) is 4.65. The molecule has 0 radical (unpaired) electrons. The third kappa shape index (κ3) is 5.88. The van der Waals surface area contributed by atoms with Crippen LogP contribution in [0.3, 0.4) is 0 Å². The van der Waals surface area contributed by atoms with E-state index in [9.17, 15) is 9.18 Å². The Bertz CT molecular complexity index is 429. The number of ether oxygens (including phenoxy) is 1. The van der Waals surface area contributed by atoms with Crippen LogP contribution in [0.5, 0.6) is 5.75 Å². The van der Waals surface area contributed by atoms with Crippen molar-refractivity contribution in [3.63, 3.8) is 0 Å². The van der Waals surface area contributed by atoms with Crippen molar-refractivity contribution in [3.05, 3.63) is 30.1 Å². The molecule has 2 atom stereocenters. The maximum Gasteiger partial charge on any atom is 0.315 e. The van der Waals surface area contributed by atoms with E-state index in [0.717, 1.165) is 0 Å². The number of carbonyl (C=O) groups excluding carboxylic acids is 1. The van der Waals surface area contributed by atoms with E-state index in [1.54, 1.807) is 12.1 Å². The summed E-state index contributed by atoms with van der Waals surface area (Å²) in [7, 11) is 0. The maximum atomic E-state index is 12.9. The number of aliphatic hydroxyl groups excluding tert-OH is 1. The van der Waals surface area contributed by atoms with Crippen molar-refractivity contribution in [2.45, 2.75) is 19.9 Å². The van der Waals surface area contributed by atoms with Gasteiger partial charge in [0.25, 0.3) is 0 Å². The summed E-state index contributed by atoms with van der Waals surface area (Å²) in [6, 6.07) is 5.38. The van der Waals surface area contributed by atoms with Crippen LogP contribution in [-0.4, -0.2) is 36.9 Å². The molecule has 3 N–H and O–H groups in total. The van der Waals surface area contributed by atoms with Gasteiger partial charge in [-0.1, -0.05) is 13.0 Å². The minimum atomic E-state index is -0.361. The number of carbonyl (C=O) groups is 1. The molecule has 1 aromatic carbocycles. The summed E-state index contributed by atoms with van der Waals surface area (Å²) in [4.78, 5) is 11.5. The number of halogens is 1. The predicted octanol–water partition coefficient (Wildman–Crippen LogP) is 1.52. The second kappa shape index (κ2) is 8.37. The summed E-state index contributed by atoms with van der Waals surface area (Å²) < 4.78 is 18.2. The van der Waals surface area contributed by atoms with Gasteiger partial charge in [0.1, 0.15) is 18.2 Å². The number of benzene rings is 1. The van der Waals surface area contributed by atoms with Gasteiger partial charge in [-0.15, -0.1) is 0 Å². The Labute approximate surface area is 118 Å². The van der Waals surface area contributed by atoms with Crippen molar-refractivity contribution in [2.24, 2.45) is 5.92 Å². The topological polar surface area (TPSA) is 70.6 Å². The standard InChI is InChI=1S/C14H21FN2O3/c1-10(9-18)11(2)17-14(19)16-6-7-20-13-5-3-4-12(15)8-13/h3-5,8,10-11,18H,6-7,9H2,1-2H3,(H2,16,17,19). The number of hydrogen-bond acceptors (Lipinski definition) is 3. The van der Waals surface area contributed by atoms with Crippen LogP contribution < -0.4 is 15.4 Å². The molecule has 2 amide bonds. The van der Waals surface area contributed by atoms with Crippen molar-refractivity contribution in [1.29, 1.82) is 0 Å². The van der Waals surface area contributed by atoms with Gasteiger partial charge < -0.3 is 20.5 Å². The molecule has 0 aliphatic heterocycles. The maximum absolute atomic E-state index is 12.9. The Morgan fingerprint density at radius 3 is 2.85 bits per heavy atom. The lowest BCUT2D eigenvalue weighted by Gasteiger charge is -2.19. The average Bonchev–Trinajstić information content (AvgIpc) is 2.42. The van der Waals surface area contributed by atoms with Crippen LogP contribution in [0.4, 0.5) is 9.18 Å². The molecule has 5 nitrogen and oxygen atoms in total. The van der Waals surface area contributed by atoms with Gasteiger partial charge in [0.2, 0.25) is 0 Å². The van der Waals surface area contributed by atoms with Crippen LogP contribution in [0, 0.1) is 11.7 Å². The summed E-state index contributed by atoms with van der Waals surface area (Å²) in [5.41, 5.74) is 0. The largest absolute Gasteiger partial charge is 0.492 e. The normalized spacial score (nSPS) is 13.4. The molecule has 0 bridgehead atoms. The molecule has 1 aromatic rings. The van der Waals surface area contributed by atoms with E-state index in [1.165, 1.54) is 12.1 Å². The second-order valence-corrected chi connectivity index (χ2v) is 4.65. The Morgan fingerprint density at radius 2 is 2.20 bits per heavy atom. The zero-order valence-corrected chi connectivity index (χ0v) is 11.7. The van der Waals surface area contributed by atoms with Crippen LogP contribution in [0.1, 0.15) is 13.8 Å². The number of rotatable bonds is 7. The average molecular weight is 284 g/mol. The molecule has 112 valence electrons. The fraction of sp³-hybridized carbons (Fsp3) is 0.500. The van der Waals surface area contributed by atoms with Crippen molar-refractivity contribution in [1.82, 2.24) is 10.6 Å². The van der Waals surface area contributed by atoms with Crippen molar-refractivity contribution < 1.29 is 19.0 Å². The molecule has 0 saturated carbocycles. The molecule has 0 aliphatic rings. The van der Waals surface area contributed by atoms with Crippen molar-refractivity contribution >= 4 is 6.03 Å². The van der Waals surface area contributed by atoms with Gasteiger partial charge in [-0.2, -0.15) is 0 Å². The van der Waals surface area contributed by atoms with Gasteiger partial charge in [0.15, 0.2) is 0 Å². The summed E-state index contributed by atoms with van der Waals surface area (Å²) in [6.45, 7) is 4.25. The van der Waals surface area contributed by atoms with E-state index >= 15 is 0 Å². The first-order valence-corrected chi connectivity index (χ1v) is 6.56. The zero-order chi connectivity index (χ0) is 15.0. The fourth-order valence-electron chi connectivity index (χ4n) is 1.45. The molecule has 0 spiro atoms. The van der Waals surface area contributed by atoms with Crippen LogP contribution in [0.15, 0.2) is 24.3 Å². The number of urea groups is 1. The van der Waals surface area contributed by atoms with Crippen LogP contribution >= 0.6 is 0 Å². The first kappa shape index (κ1) is 16.2. The lowest BCUT2D eigenvalue weighted by Crippen LogP contribution is -2.45. The Hall–Kier alpha value is -1.82. The first-order chi connectivity index (χ1) is 9.52. The summed E-state index contributed by atoms with van der Waals surface area (Å²) in [5, 5.41) is 14.3. The van der Waals surface area contributed by atoms with E-state index < -0.39 is 0 Å². The number of aliphatic hydroxyl groups is 1. The van der Waals surface area contributed by atoms with Gasteiger partial charge in [-0.05, 0) is 25.0 Å². The molecule has 6 heteroatoms. The molecular weight excluding hydrogens is 263 g/mol. The summed E-state index contributed by atoms with van der Waals surface area (Å²) in [5.74, 6) is 0.0544. The third-order valence-corrected chi connectivity index (χ3v) is 2.95. The zero-order valence-electron chi connectivity index (χ0n) is 11.7. The highest BCUT2D eigenvalue weighted by Crippen LogP contribution is 2.11. The first-order valence-electron chi connectivity index (χ1n) is 6.56. The highest BCUT2D eigenvalue weighted by molar-refractivity contribution is 5.74. The Kier molecular flexibility index (Phi) is 6.79. The van der Waals surface area contributed by atoms with E-state index in [2.05, 4.69) is 10.6 Å². The fourth-order valence-corrected chi connectivity index (χ4v) is 1.45. The van der Waals surface area contributed by atoms with E-state index in [1.807, 2.05) is 13.8 Å². The summed E-state index contributed by atoms with van der Waals surface area (Å²) >= 11 is 0. The molecule has 0 aliphatic carbocycles. The molecule has 0 saturated heterocycles. The van der Waals surface area contributed by atoms with Gasteiger partial charge in [-0.25, -0.2) is 9.18 Å². The number of nitrogens with one attached hydrogen (secondary N) is 2. The third-order valence-electron chi connectivity index (χ3n) is 2.95.